The van der Waals surface area contributed by atoms with Gasteiger partial charge in [-0.05, 0) is 55.7 Å². The van der Waals surface area contributed by atoms with E-state index in [9.17, 15) is 10.1 Å². The molecule has 2 aromatic carbocycles. The summed E-state index contributed by atoms with van der Waals surface area (Å²) in [5, 5.41) is 10.1. The van der Waals surface area contributed by atoms with Crippen molar-refractivity contribution in [1.82, 2.24) is 4.90 Å². The van der Waals surface area contributed by atoms with E-state index in [0.717, 1.165) is 22.5 Å². The molecule has 0 N–H and O–H groups in total. The molecule has 0 atom stereocenters. The van der Waals surface area contributed by atoms with Crippen LogP contribution in [0.5, 0.6) is 0 Å². The maximum atomic E-state index is 12.9. The SMILES string of the molecule is CC(Cc1c(Cl)ccc(C(=O)N2CCOCC2)c1Cl)=Nc1c(C)ccc(C#N)c1C. The molecule has 2 aromatic rings. The molecule has 3 rings (SSSR count). The average Bonchev–Trinajstić information content (AvgIpc) is 2.74. The summed E-state index contributed by atoms with van der Waals surface area (Å²) in [7, 11) is 0. The molecule has 1 aliphatic rings. The molecule has 5 nitrogen and oxygen atoms in total. The van der Waals surface area contributed by atoms with Crippen LogP contribution in [0.3, 0.4) is 0 Å². The van der Waals surface area contributed by atoms with Gasteiger partial charge in [-0.3, -0.25) is 9.79 Å². The summed E-state index contributed by atoms with van der Waals surface area (Å²) in [4.78, 5) is 19.4. The largest absolute Gasteiger partial charge is 0.378 e. The van der Waals surface area contributed by atoms with Gasteiger partial charge in [-0.1, -0.05) is 29.3 Å². The van der Waals surface area contributed by atoms with Crippen molar-refractivity contribution in [1.29, 1.82) is 5.26 Å². The number of carbonyl (C=O) groups is 1. The van der Waals surface area contributed by atoms with E-state index in [0.29, 0.717) is 59.5 Å². The van der Waals surface area contributed by atoms with Crippen LogP contribution in [0.4, 0.5) is 5.69 Å². The zero-order valence-electron chi connectivity index (χ0n) is 17.3. The van der Waals surface area contributed by atoms with Crippen LogP contribution < -0.4 is 0 Å². The molecule has 156 valence electrons. The van der Waals surface area contributed by atoms with Crippen LogP contribution in [-0.2, 0) is 11.2 Å². The zero-order valence-corrected chi connectivity index (χ0v) is 18.8. The van der Waals surface area contributed by atoms with E-state index < -0.39 is 0 Å². The van der Waals surface area contributed by atoms with Gasteiger partial charge in [0, 0.05) is 30.2 Å². The molecule has 7 heteroatoms. The molecule has 0 spiro atoms. The van der Waals surface area contributed by atoms with Crippen LogP contribution >= 0.6 is 23.2 Å². The highest BCUT2D eigenvalue weighted by Crippen LogP contribution is 2.31. The van der Waals surface area contributed by atoms with Gasteiger partial charge in [0.15, 0.2) is 0 Å². The quantitative estimate of drug-likeness (QED) is 0.602. The zero-order chi connectivity index (χ0) is 21.8. The standard InChI is InChI=1S/C23H23Cl2N3O2/c1-14-4-5-17(13-26)16(3)22(14)27-15(2)12-19-20(24)7-6-18(21(19)25)23(29)28-8-10-30-11-9-28/h4-7H,8-12H2,1-3H3. The fraction of sp³-hybridized carbons (Fsp3) is 0.348. The summed E-state index contributed by atoms with van der Waals surface area (Å²) in [6.07, 6.45) is 0.400. The van der Waals surface area contributed by atoms with Crippen LogP contribution in [0.25, 0.3) is 0 Å². The van der Waals surface area contributed by atoms with Gasteiger partial charge in [-0.2, -0.15) is 5.26 Å². The number of hydrogen-bond donors (Lipinski definition) is 0. The van der Waals surface area contributed by atoms with Crippen molar-refractivity contribution in [2.75, 3.05) is 26.3 Å². The van der Waals surface area contributed by atoms with E-state index in [1.807, 2.05) is 26.8 Å². The van der Waals surface area contributed by atoms with Crippen LogP contribution in [0.2, 0.25) is 10.0 Å². The first-order chi connectivity index (χ1) is 14.3. The van der Waals surface area contributed by atoms with Crippen molar-refractivity contribution >= 4 is 40.5 Å². The van der Waals surface area contributed by atoms with E-state index in [-0.39, 0.29) is 5.91 Å². The van der Waals surface area contributed by atoms with Crippen LogP contribution in [0.1, 0.15) is 39.5 Å². The number of aliphatic imine (C=N–C) groups is 1. The van der Waals surface area contributed by atoms with E-state index in [2.05, 4.69) is 6.07 Å². The number of carbonyl (C=O) groups excluding carboxylic acids is 1. The van der Waals surface area contributed by atoms with E-state index >= 15 is 0 Å². The highest BCUT2D eigenvalue weighted by atomic mass is 35.5. The van der Waals surface area contributed by atoms with Gasteiger partial charge in [0.25, 0.3) is 5.91 Å². The van der Waals surface area contributed by atoms with E-state index in [1.54, 1.807) is 23.1 Å². The normalized spacial score (nSPS) is 14.5. The molecule has 0 unspecified atom stereocenters. The van der Waals surface area contributed by atoms with Crippen LogP contribution in [0.15, 0.2) is 29.3 Å². The summed E-state index contributed by atoms with van der Waals surface area (Å²) in [6.45, 7) is 7.87. The molecule has 0 aromatic heterocycles. The van der Waals surface area contributed by atoms with Gasteiger partial charge in [0.2, 0.25) is 0 Å². The number of ether oxygens (including phenoxy) is 1. The fourth-order valence-electron chi connectivity index (χ4n) is 3.48. The number of benzene rings is 2. The maximum absolute atomic E-state index is 12.9. The van der Waals surface area contributed by atoms with Crippen molar-refractivity contribution in [3.63, 3.8) is 0 Å². The van der Waals surface area contributed by atoms with E-state index in [1.165, 1.54) is 0 Å². The van der Waals surface area contributed by atoms with Gasteiger partial charge < -0.3 is 9.64 Å². The lowest BCUT2D eigenvalue weighted by molar-refractivity contribution is 0.0303. The molecule has 1 aliphatic heterocycles. The van der Waals surface area contributed by atoms with Crippen molar-refractivity contribution in [2.24, 2.45) is 4.99 Å². The maximum Gasteiger partial charge on any atom is 0.255 e. The van der Waals surface area contributed by atoms with Crippen molar-refractivity contribution in [3.8, 4) is 6.07 Å². The van der Waals surface area contributed by atoms with Gasteiger partial charge in [-0.25, -0.2) is 0 Å². The predicted molar refractivity (Wildman–Crippen MR) is 120 cm³/mol. The topological polar surface area (TPSA) is 65.7 Å². The van der Waals surface area contributed by atoms with Crippen LogP contribution in [-0.4, -0.2) is 42.8 Å². The van der Waals surface area contributed by atoms with Crippen molar-refractivity contribution in [2.45, 2.75) is 27.2 Å². The number of amides is 1. The Kier molecular flexibility index (Phi) is 7.14. The summed E-state index contributed by atoms with van der Waals surface area (Å²) in [5.41, 5.74) is 5.09. The summed E-state index contributed by atoms with van der Waals surface area (Å²) in [6, 6.07) is 9.25. The molecule has 0 saturated carbocycles. The second-order valence-corrected chi connectivity index (χ2v) is 8.12. The van der Waals surface area contributed by atoms with Gasteiger partial charge in [-0.15, -0.1) is 0 Å². The number of morpholine rings is 1. The summed E-state index contributed by atoms with van der Waals surface area (Å²) < 4.78 is 5.32. The van der Waals surface area contributed by atoms with E-state index in [4.69, 9.17) is 32.9 Å². The first kappa shape index (κ1) is 22.3. The predicted octanol–water partition coefficient (Wildman–Crippen LogP) is 5.29. The Morgan fingerprint density at radius 3 is 2.57 bits per heavy atom. The number of nitriles is 1. The number of halogens is 2. The molecule has 1 heterocycles. The minimum atomic E-state index is -0.121. The third-order valence-electron chi connectivity index (χ3n) is 5.20. The lowest BCUT2D eigenvalue weighted by atomic mass is 10.0. The summed E-state index contributed by atoms with van der Waals surface area (Å²) >= 11 is 13.0. The average molecular weight is 444 g/mol. The first-order valence-electron chi connectivity index (χ1n) is 9.71. The first-order valence-corrected chi connectivity index (χ1v) is 10.5. The second kappa shape index (κ2) is 9.61. The molecular formula is C23H23Cl2N3O2. The third kappa shape index (κ3) is 4.67. The Bertz CT molecular complexity index is 1050. The molecule has 1 amide bonds. The minimum absolute atomic E-state index is 0.121. The number of aryl methyl sites for hydroxylation is 1. The summed E-state index contributed by atoms with van der Waals surface area (Å²) in [5.74, 6) is -0.121. The molecular weight excluding hydrogens is 421 g/mol. The highest BCUT2D eigenvalue weighted by molar-refractivity contribution is 6.38. The Labute approximate surface area is 186 Å². The Balaban J connectivity index is 1.92. The molecule has 0 radical (unpaired) electrons. The molecule has 0 aliphatic carbocycles. The lowest BCUT2D eigenvalue weighted by Gasteiger charge is -2.27. The molecule has 30 heavy (non-hydrogen) atoms. The third-order valence-corrected chi connectivity index (χ3v) is 5.99. The molecule has 1 saturated heterocycles. The van der Waals surface area contributed by atoms with Crippen molar-refractivity contribution in [3.05, 3.63) is 62.1 Å². The van der Waals surface area contributed by atoms with Crippen molar-refractivity contribution < 1.29 is 9.53 Å². The van der Waals surface area contributed by atoms with Gasteiger partial charge in [0.1, 0.15) is 0 Å². The lowest BCUT2D eigenvalue weighted by Crippen LogP contribution is -2.40. The fourth-order valence-corrected chi connectivity index (χ4v) is 4.06. The number of hydrogen-bond acceptors (Lipinski definition) is 4. The minimum Gasteiger partial charge on any atom is -0.378 e. The Morgan fingerprint density at radius 2 is 1.90 bits per heavy atom. The Hall–Kier alpha value is -2.39. The van der Waals surface area contributed by atoms with Crippen LogP contribution in [0, 0.1) is 25.2 Å². The van der Waals surface area contributed by atoms with Gasteiger partial charge >= 0.3 is 0 Å². The van der Waals surface area contributed by atoms with Gasteiger partial charge in [0.05, 0.1) is 41.1 Å². The highest BCUT2D eigenvalue weighted by Gasteiger charge is 2.23. The monoisotopic (exact) mass is 443 g/mol. The number of rotatable bonds is 4. The number of nitrogens with zero attached hydrogens (tertiary/aromatic N) is 3. The second-order valence-electron chi connectivity index (χ2n) is 7.33. The molecule has 1 fully saturated rings. The molecule has 0 bridgehead atoms. The smallest absolute Gasteiger partial charge is 0.255 e. The Morgan fingerprint density at radius 1 is 1.20 bits per heavy atom.